The summed E-state index contributed by atoms with van der Waals surface area (Å²) in [6.45, 7) is 1.32. The van der Waals surface area contributed by atoms with Crippen molar-refractivity contribution in [3.8, 4) is 5.69 Å². The minimum Gasteiger partial charge on any atom is -0.373 e. The Labute approximate surface area is 158 Å². The Morgan fingerprint density at radius 1 is 1.19 bits per heavy atom. The van der Waals surface area contributed by atoms with E-state index >= 15 is 0 Å². The molecule has 0 bridgehead atoms. The fraction of sp³-hybridized carbons (Fsp3) is 0.200. The molecule has 0 aliphatic heterocycles. The van der Waals surface area contributed by atoms with Crippen LogP contribution in [0.3, 0.4) is 0 Å². The number of carbonyl (C=O) groups is 1. The lowest BCUT2D eigenvalue weighted by Gasteiger charge is -2.19. The molecule has 5 nitrogen and oxygen atoms in total. The van der Waals surface area contributed by atoms with Crippen molar-refractivity contribution in [3.05, 3.63) is 72.6 Å². The largest absolute Gasteiger partial charge is 0.373 e. The van der Waals surface area contributed by atoms with Crippen molar-refractivity contribution in [2.75, 3.05) is 31.3 Å². The van der Waals surface area contributed by atoms with Crippen LogP contribution in [-0.2, 0) is 0 Å². The van der Waals surface area contributed by atoms with Crippen molar-refractivity contribution >= 4 is 23.4 Å². The molecule has 1 amide bonds. The summed E-state index contributed by atoms with van der Waals surface area (Å²) in [6, 6.07) is 17.7. The van der Waals surface area contributed by atoms with Crippen LogP contribution in [0, 0.1) is 0 Å². The van der Waals surface area contributed by atoms with Crippen LogP contribution in [0.15, 0.2) is 72.1 Å². The highest BCUT2D eigenvalue weighted by Crippen LogP contribution is 2.19. The number of hydrogen-bond acceptors (Lipinski definition) is 4. The van der Waals surface area contributed by atoms with Gasteiger partial charge in [0.15, 0.2) is 5.16 Å². The molecular weight excluding hydrogens is 344 g/mol. The summed E-state index contributed by atoms with van der Waals surface area (Å²) in [4.78, 5) is 18.9. The zero-order valence-electron chi connectivity index (χ0n) is 14.9. The molecule has 26 heavy (non-hydrogen) atoms. The predicted molar refractivity (Wildman–Crippen MR) is 107 cm³/mol. The van der Waals surface area contributed by atoms with E-state index in [9.17, 15) is 4.79 Å². The number of carbonyl (C=O) groups excluding carboxylic acids is 1. The topological polar surface area (TPSA) is 50.2 Å². The van der Waals surface area contributed by atoms with Gasteiger partial charge in [-0.25, -0.2) is 4.98 Å². The normalized spacial score (nSPS) is 10.5. The molecule has 1 aromatic heterocycles. The van der Waals surface area contributed by atoms with Gasteiger partial charge in [0, 0.05) is 49.5 Å². The van der Waals surface area contributed by atoms with Crippen LogP contribution in [0.4, 0.5) is 5.69 Å². The Morgan fingerprint density at radius 3 is 2.77 bits per heavy atom. The maximum Gasteiger partial charge on any atom is 0.251 e. The third kappa shape index (κ3) is 4.26. The zero-order chi connectivity index (χ0) is 18.4. The molecule has 0 aliphatic carbocycles. The van der Waals surface area contributed by atoms with Crippen molar-refractivity contribution in [2.24, 2.45) is 0 Å². The first-order valence-electron chi connectivity index (χ1n) is 8.41. The van der Waals surface area contributed by atoms with Gasteiger partial charge < -0.3 is 10.2 Å². The van der Waals surface area contributed by atoms with E-state index in [0.717, 1.165) is 23.1 Å². The van der Waals surface area contributed by atoms with Gasteiger partial charge in [-0.1, -0.05) is 36.0 Å². The molecule has 0 aliphatic rings. The molecule has 0 atom stereocenters. The lowest BCUT2D eigenvalue weighted by atomic mass is 10.2. The highest BCUT2D eigenvalue weighted by atomic mass is 32.2. The molecule has 0 radical (unpaired) electrons. The van der Waals surface area contributed by atoms with E-state index in [0.29, 0.717) is 12.1 Å². The van der Waals surface area contributed by atoms with Gasteiger partial charge in [-0.15, -0.1) is 0 Å². The molecule has 3 aromatic rings. The van der Waals surface area contributed by atoms with E-state index in [4.69, 9.17) is 0 Å². The van der Waals surface area contributed by atoms with E-state index in [1.807, 2.05) is 66.5 Å². The number of anilines is 1. The number of para-hydroxylation sites is 1. The summed E-state index contributed by atoms with van der Waals surface area (Å²) < 4.78 is 1.98. The molecule has 6 heteroatoms. The molecule has 0 saturated carbocycles. The summed E-state index contributed by atoms with van der Waals surface area (Å²) in [6.07, 6.45) is 5.65. The zero-order valence-corrected chi connectivity index (χ0v) is 15.7. The number of nitrogens with one attached hydrogen (secondary N) is 1. The SMILES string of the molecule is CSc1nccn1-c1cccc(C(=O)NCCN(C)c2ccccc2)c1. The third-order valence-corrected chi connectivity index (χ3v) is 4.77. The van der Waals surface area contributed by atoms with Gasteiger partial charge in [-0.05, 0) is 36.6 Å². The predicted octanol–water partition coefficient (Wildman–Crippen LogP) is 3.46. The van der Waals surface area contributed by atoms with Gasteiger partial charge in [0.25, 0.3) is 5.91 Å². The number of hydrogen-bond donors (Lipinski definition) is 1. The number of thioether (sulfide) groups is 1. The monoisotopic (exact) mass is 366 g/mol. The van der Waals surface area contributed by atoms with E-state index in [1.165, 1.54) is 0 Å². The molecular formula is C20H22N4OS. The number of nitrogens with zero attached hydrogens (tertiary/aromatic N) is 3. The van der Waals surface area contributed by atoms with Crippen molar-refractivity contribution in [1.82, 2.24) is 14.9 Å². The number of aromatic nitrogens is 2. The number of imidazole rings is 1. The Morgan fingerprint density at radius 2 is 2.00 bits per heavy atom. The standard InChI is InChI=1S/C20H22N4OS/c1-23(17-8-4-3-5-9-17)13-11-21-19(25)16-7-6-10-18(15-16)24-14-12-22-20(24)26-2/h3-10,12,14-15H,11,13H2,1-2H3,(H,21,25). The second-order valence-electron chi connectivity index (χ2n) is 5.85. The van der Waals surface area contributed by atoms with E-state index < -0.39 is 0 Å². The van der Waals surface area contributed by atoms with Crippen LogP contribution in [-0.4, -0.2) is 41.9 Å². The second-order valence-corrected chi connectivity index (χ2v) is 6.62. The fourth-order valence-corrected chi connectivity index (χ4v) is 3.21. The second kappa shape index (κ2) is 8.58. The van der Waals surface area contributed by atoms with Crippen LogP contribution < -0.4 is 10.2 Å². The molecule has 0 spiro atoms. The molecule has 134 valence electrons. The Bertz CT molecular complexity index is 863. The molecule has 1 heterocycles. The first-order chi connectivity index (χ1) is 12.7. The Hall–Kier alpha value is -2.73. The van der Waals surface area contributed by atoms with Gasteiger partial charge in [-0.3, -0.25) is 9.36 Å². The number of rotatable bonds is 7. The van der Waals surface area contributed by atoms with Crippen molar-refractivity contribution < 1.29 is 4.79 Å². The highest BCUT2D eigenvalue weighted by Gasteiger charge is 2.09. The number of benzene rings is 2. The van der Waals surface area contributed by atoms with Crippen LogP contribution >= 0.6 is 11.8 Å². The Balaban J connectivity index is 1.61. The van der Waals surface area contributed by atoms with Gasteiger partial charge in [0.2, 0.25) is 0 Å². The number of amides is 1. The maximum atomic E-state index is 12.5. The van der Waals surface area contributed by atoms with Crippen LogP contribution in [0.5, 0.6) is 0 Å². The summed E-state index contributed by atoms with van der Waals surface area (Å²) in [5, 5.41) is 3.89. The minimum absolute atomic E-state index is 0.0703. The molecule has 1 N–H and O–H groups in total. The number of likely N-dealkylation sites (N-methyl/N-ethyl adjacent to an activating group) is 1. The Kier molecular flexibility index (Phi) is 5.96. The quantitative estimate of drug-likeness (QED) is 0.651. The van der Waals surface area contributed by atoms with Gasteiger partial charge in [-0.2, -0.15) is 0 Å². The smallest absolute Gasteiger partial charge is 0.251 e. The summed E-state index contributed by atoms with van der Waals surface area (Å²) >= 11 is 1.57. The first kappa shape index (κ1) is 18.1. The summed E-state index contributed by atoms with van der Waals surface area (Å²) in [5.41, 5.74) is 2.71. The minimum atomic E-state index is -0.0703. The van der Waals surface area contributed by atoms with Crippen LogP contribution in [0.25, 0.3) is 5.69 Å². The van der Waals surface area contributed by atoms with Gasteiger partial charge >= 0.3 is 0 Å². The van der Waals surface area contributed by atoms with Gasteiger partial charge in [0.1, 0.15) is 0 Å². The molecule has 0 saturated heterocycles. The van der Waals surface area contributed by atoms with Crippen LogP contribution in [0.2, 0.25) is 0 Å². The molecule has 3 rings (SSSR count). The average molecular weight is 366 g/mol. The molecule has 2 aromatic carbocycles. The lowest BCUT2D eigenvalue weighted by molar-refractivity contribution is 0.0954. The maximum absolute atomic E-state index is 12.5. The van der Waals surface area contributed by atoms with Crippen molar-refractivity contribution in [1.29, 1.82) is 0 Å². The van der Waals surface area contributed by atoms with Gasteiger partial charge in [0.05, 0.1) is 0 Å². The first-order valence-corrected chi connectivity index (χ1v) is 9.63. The molecule has 0 unspecified atom stereocenters. The fourth-order valence-electron chi connectivity index (χ4n) is 2.69. The van der Waals surface area contributed by atoms with E-state index in [1.54, 1.807) is 18.0 Å². The molecule has 0 fully saturated rings. The third-order valence-electron chi connectivity index (χ3n) is 4.11. The van der Waals surface area contributed by atoms with Crippen molar-refractivity contribution in [2.45, 2.75) is 5.16 Å². The van der Waals surface area contributed by atoms with Crippen molar-refractivity contribution in [3.63, 3.8) is 0 Å². The van der Waals surface area contributed by atoms with E-state index in [-0.39, 0.29) is 5.91 Å². The summed E-state index contributed by atoms with van der Waals surface area (Å²) in [7, 11) is 2.02. The lowest BCUT2D eigenvalue weighted by Crippen LogP contribution is -2.33. The van der Waals surface area contributed by atoms with Crippen LogP contribution in [0.1, 0.15) is 10.4 Å². The average Bonchev–Trinajstić information content (AvgIpc) is 3.17. The summed E-state index contributed by atoms with van der Waals surface area (Å²) in [5.74, 6) is -0.0703. The van der Waals surface area contributed by atoms with E-state index in [2.05, 4.69) is 27.3 Å². The highest BCUT2D eigenvalue weighted by molar-refractivity contribution is 7.98.